The SMILES string of the molecule is COc1cc(O[C@@H]2OC[C@@H](O)[C@H](O)[C@H]2O)c2c(c1)C(=O)c1cc(C)cc(O)c1C2=O. The molecular weight excluding hydrogens is 396 g/mol. The second kappa shape index (κ2) is 7.37. The summed E-state index contributed by atoms with van der Waals surface area (Å²) in [5.41, 5.74) is 0.425. The second-order valence-corrected chi connectivity index (χ2v) is 7.28. The van der Waals surface area contributed by atoms with Crippen molar-refractivity contribution in [1.82, 2.24) is 0 Å². The van der Waals surface area contributed by atoms with Gasteiger partial charge in [-0.2, -0.15) is 0 Å². The van der Waals surface area contributed by atoms with E-state index in [0.29, 0.717) is 5.56 Å². The number of benzene rings is 2. The Morgan fingerprint density at radius 1 is 0.967 bits per heavy atom. The number of carbonyl (C=O) groups is 2. The van der Waals surface area contributed by atoms with E-state index in [1.54, 1.807) is 6.92 Å². The third kappa shape index (κ3) is 3.12. The summed E-state index contributed by atoms with van der Waals surface area (Å²) in [5, 5.41) is 40.0. The number of phenols is 1. The number of aromatic hydroxyl groups is 1. The first-order valence-corrected chi connectivity index (χ1v) is 9.20. The van der Waals surface area contributed by atoms with Crippen molar-refractivity contribution < 1.29 is 44.2 Å². The van der Waals surface area contributed by atoms with Gasteiger partial charge < -0.3 is 34.6 Å². The van der Waals surface area contributed by atoms with Crippen LogP contribution in [0.3, 0.4) is 0 Å². The first kappa shape index (κ1) is 20.3. The van der Waals surface area contributed by atoms with Gasteiger partial charge in [0.1, 0.15) is 35.6 Å². The van der Waals surface area contributed by atoms with Gasteiger partial charge in [0.15, 0.2) is 5.78 Å². The monoisotopic (exact) mass is 416 g/mol. The molecule has 0 bridgehead atoms. The lowest BCUT2D eigenvalue weighted by Gasteiger charge is -2.35. The number of hydrogen-bond acceptors (Lipinski definition) is 9. The van der Waals surface area contributed by atoms with Crippen LogP contribution in [0.4, 0.5) is 0 Å². The van der Waals surface area contributed by atoms with E-state index < -0.39 is 36.2 Å². The summed E-state index contributed by atoms with van der Waals surface area (Å²) >= 11 is 0. The van der Waals surface area contributed by atoms with Crippen LogP contribution in [0, 0.1) is 6.92 Å². The Morgan fingerprint density at radius 3 is 2.37 bits per heavy atom. The number of aliphatic hydroxyl groups is 3. The van der Waals surface area contributed by atoms with Crippen LogP contribution in [0.5, 0.6) is 17.2 Å². The minimum atomic E-state index is -1.60. The van der Waals surface area contributed by atoms with Gasteiger partial charge in [-0.3, -0.25) is 9.59 Å². The van der Waals surface area contributed by atoms with Gasteiger partial charge in [-0.1, -0.05) is 0 Å². The summed E-state index contributed by atoms with van der Waals surface area (Å²) in [7, 11) is 1.37. The number of phenolic OH excluding ortho intramolecular Hbond substituents is 1. The molecule has 2 aromatic carbocycles. The highest BCUT2D eigenvalue weighted by Crippen LogP contribution is 2.40. The average molecular weight is 416 g/mol. The van der Waals surface area contributed by atoms with Crippen LogP contribution in [0.1, 0.15) is 37.4 Å². The van der Waals surface area contributed by atoms with E-state index in [0.717, 1.165) is 0 Å². The predicted molar refractivity (Wildman–Crippen MR) is 101 cm³/mol. The molecule has 2 aliphatic rings. The van der Waals surface area contributed by atoms with E-state index in [2.05, 4.69) is 0 Å². The molecule has 1 aliphatic heterocycles. The van der Waals surface area contributed by atoms with Gasteiger partial charge in [-0.25, -0.2) is 0 Å². The van der Waals surface area contributed by atoms with E-state index in [1.165, 1.54) is 31.4 Å². The number of aliphatic hydroxyl groups excluding tert-OH is 3. The van der Waals surface area contributed by atoms with Crippen molar-refractivity contribution in [2.75, 3.05) is 13.7 Å². The lowest BCUT2D eigenvalue weighted by molar-refractivity contribution is -0.242. The van der Waals surface area contributed by atoms with E-state index >= 15 is 0 Å². The molecule has 0 spiro atoms. The Hall–Kier alpha value is -2.98. The lowest BCUT2D eigenvalue weighted by atomic mass is 9.82. The molecule has 0 amide bonds. The number of hydrogen-bond donors (Lipinski definition) is 4. The van der Waals surface area contributed by atoms with E-state index in [1.807, 2.05) is 0 Å². The molecule has 1 heterocycles. The molecule has 1 saturated heterocycles. The smallest absolute Gasteiger partial charge is 0.228 e. The van der Waals surface area contributed by atoms with Crippen LogP contribution in [-0.4, -0.2) is 70.3 Å². The largest absolute Gasteiger partial charge is 0.507 e. The van der Waals surface area contributed by atoms with Gasteiger partial charge >= 0.3 is 0 Å². The van der Waals surface area contributed by atoms with Crippen molar-refractivity contribution in [3.63, 3.8) is 0 Å². The second-order valence-electron chi connectivity index (χ2n) is 7.28. The molecule has 4 atom stereocenters. The minimum absolute atomic E-state index is 0.0118. The highest BCUT2D eigenvalue weighted by Gasteiger charge is 2.41. The Bertz CT molecular complexity index is 1050. The molecule has 9 nitrogen and oxygen atoms in total. The van der Waals surface area contributed by atoms with Crippen molar-refractivity contribution >= 4 is 11.6 Å². The van der Waals surface area contributed by atoms with Gasteiger partial charge in [-0.15, -0.1) is 0 Å². The normalized spacial score (nSPS) is 25.5. The third-order valence-corrected chi connectivity index (χ3v) is 5.21. The van der Waals surface area contributed by atoms with E-state index in [4.69, 9.17) is 14.2 Å². The molecule has 1 aliphatic carbocycles. The molecule has 4 N–H and O–H groups in total. The maximum absolute atomic E-state index is 13.2. The highest BCUT2D eigenvalue weighted by atomic mass is 16.7. The van der Waals surface area contributed by atoms with Gasteiger partial charge in [0, 0.05) is 17.2 Å². The summed E-state index contributed by atoms with van der Waals surface area (Å²) in [6, 6.07) is 5.63. The Morgan fingerprint density at radius 2 is 1.67 bits per heavy atom. The molecule has 4 rings (SSSR count). The lowest BCUT2D eigenvalue weighted by Crippen LogP contribution is -2.54. The van der Waals surface area contributed by atoms with Crippen molar-refractivity contribution in [2.24, 2.45) is 0 Å². The molecule has 9 heteroatoms. The van der Waals surface area contributed by atoms with E-state index in [-0.39, 0.29) is 46.1 Å². The molecule has 2 aromatic rings. The number of rotatable bonds is 3. The summed E-state index contributed by atoms with van der Waals surface area (Å²) in [5.74, 6) is -1.37. The van der Waals surface area contributed by atoms with Gasteiger partial charge in [-0.05, 0) is 30.7 Å². The number of fused-ring (bicyclic) bond motifs is 2. The fourth-order valence-corrected chi connectivity index (χ4v) is 3.68. The topological polar surface area (TPSA) is 143 Å². The Balaban J connectivity index is 1.83. The summed E-state index contributed by atoms with van der Waals surface area (Å²) in [6.07, 6.45) is -5.83. The third-order valence-electron chi connectivity index (χ3n) is 5.21. The van der Waals surface area contributed by atoms with Gasteiger partial charge in [0.2, 0.25) is 12.1 Å². The van der Waals surface area contributed by atoms with Crippen LogP contribution in [-0.2, 0) is 4.74 Å². The van der Waals surface area contributed by atoms with Crippen LogP contribution < -0.4 is 9.47 Å². The van der Waals surface area contributed by atoms with Crippen molar-refractivity contribution in [3.05, 3.63) is 52.1 Å². The number of methoxy groups -OCH3 is 1. The molecule has 158 valence electrons. The van der Waals surface area contributed by atoms with Crippen LogP contribution in [0.25, 0.3) is 0 Å². The number of aryl methyl sites for hydroxylation is 1. The number of ether oxygens (including phenoxy) is 3. The molecule has 0 aromatic heterocycles. The molecule has 30 heavy (non-hydrogen) atoms. The molecule has 0 radical (unpaired) electrons. The van der Waals surface area contributed by atoms with Crippen LogP contribution in [0.2, 0.25) is 0 Å². The first-order valence-electron chi connectivity index (χ1n) is 9.20. The Kier molecular flexibility index (Phi) is 4.99. The maximum Gasteiger partial charge on any atom is 0.228 e. The average Bonchev–Trinajstić information content (AvgIpc) is 2.71. The standard InChI is InChI=1S/C21H20O9/c1-8-3-10-15(12(22)4-8)19(26)16-11(17(10)24)5-9(28-2)6-14(16)30-21-20(27)18(25)13(23)7-29-21/h3-6,13,18,20-23,25,27H,7H2,1-2H3/t13-,18+,20-,21+/m1/s1. The fraction of sp³-hybridized carbons (Fsp3) is 0.333. The minimum Gasteiger partial charge on any atom is -0.507 e. The fourth-order valence-electron chi connectivity index (χ4n) is 3.68. The molecule has 0 unspecified atom stereocenters. The zero-order chi connectivity index (χ0) is 21.7. The van der Waals surface area contributed by atoms with Crippen LogP contribution in [0.15, 0.2) is 24.3 Å². The molecule has 1 fully saturated rings. The Labute approximate surface area is 171 Å². The van der Waals surface area contributed by atoms with Crippen molar-refractivity contribution in [2.45, 2.75) is 31.5 Å². The van der Waals surface area contributed by atoms with Gasteiger partial charge in [0.25, 0.3) is 0 Å². The summed E-state index contributed by atoms with van der Waals surface area (Å²) in [6.45, 7) is 1.39. The predicted octanol–water partition coefficient (Wildman–Crippen LogP) is 0.302. The summed E-state index contributed by atoms with van der Waals surface area (Å²) in [4.78, 5) is 26.3. The van der Waals surface area contributed by atoms with Gasteiger partial charge in [0.05, 0.1) is 24.8 Å². The summed E-state index contributed by atoms with van der Waals surface area (Å²) < 4.78 is 16.1. The molecular formula is C21H20O9. The number of carbonyl (C=O) groups excluding carboxylic acids is 2. The molecule has 0 saturated carbocycles. The first-order chi connectivity index (χ1) is 14.2. The zero-order valence-electron chi connectivity index (χ0n) is 16.2. The highest BCUT2D eigenvalue weighted by molar-refractivity contribution is 6.30. The number of ketones is 2. The zero-order valence-corrected chi connectivity index (χ0v) is 16.2. The van der Waals surface area contributed by atoms with Crippen molar-refractivity contribution in [3.8, 4) is 17.2 Å². The quantitative estimate of drug-likeness (QED) is 0.474. The van der Waals surface area contributed by atoms with Crippen LogP contribution >= 0.6 is 0 Å². The van der Waals surface area contributed by atoms with Crippen molar-refractivity contribution in [1.29, 1.82) is 0 Å². The maximum atomic E-state index is 13.2. The van der Waals surface area contributed by atoms with E-state index in [9.17, 15) is 30.0 Å².